The summed E-state index contributed by atoms with van der Waals surface area (Å²) in [6.07, 6.45) is 0. The lowest BCUT2D eigenvalue weighted by Gasteiger charge is -2.12. The molecule has 1 aliphatic rings. The predicted octanol–water partition coefficient (Wildman–Crippen LogP) is 4.85. The van der Waals surface area contributed by atoms with Crippen molar-refractivity contribution >= 4 is 12.4 Å². The van der Waals surface area contributed by atoms with Gasteiger partial charge in [0, 0.05) is 18.7 Å². The zero-order valence-corrected chi connectivity index (χ0v) is 16.0. The van der Waals surface area contributed by atoms with Crippen LogP contribution in [0.5, 0.6) is 17.2 Å². The van der Waals surface area contributed by atoms with E-state index < -0.39 is 0 Å². The molecule has 146 valence electrons. The fourth-order valence-corrected chi connectivity index (χ4v) is 2.92. The highest BCUT2D eigenvalue weighted by Crippen LogP contribution is 2.32. The van der Waals surface area contributed by atoms with Crippen molar-refractivity contribution in [3.63, 3.8) is 0 Å². The molecular formula is C22H21ClFNO3. The van der Waals surface area contributed by atoms with Crippen molar-refractivity contribution in [2.75, 3.05) is 6.79 Å². The molecule has 0 aromatic heterocycles. The van der Waals surface area contributed by atoms with Gasteiger partial charge in [0.05, 0.1) is 0 Å². The Kier molecular flexibility index (Phi) is 6.74. The predicted molar refractivity (Wildman–Crippen MR) is 108 cm³/mol. The number of ether oxygens (including phenoxy) is 3. The molecule has 1 aliphatic heterocycles. The van der Waals surface area contributed by atoms with Gasteiger partial charge in [0.1, 0.15) is 18.2 Å². The Balaban J connectivity index is 0.00000225. The van der Waals surface area contributed by atoms with E-state index in [4.69, 9.17) is 14.2 Å². The van der Waals surface area contributed by atoms with Gasteiger partial charge < -0.3 is 19.5 Å². The maximum absolute atomic E-state index is 13.0. The number of para-hydroxylation sites is 1. The van der Waals surface area contributed by atoms with Gasteiger partial charge in [-0.15, -0.1) is 12.4 Å². The molecule has 0 amide bonds. The van der Waals surface area contributed by atoms with Crippen molar-refractivity contribution < 1.29 is 18.6 Å². The number of nitrogens with one attached hydrogen (secondary N) is 1. The largest absolute Gasteiger partial charge is 0.489 e. The molecule has 1 N–H and O–H groups in total. The van der Waals surface area contributed by atoms with Crippen LogP contribution < -0.4 is 19.5 Å². The van der Waals surface area contributed by atoms with Gasteiger partial charge in [-0.2, -0.15) is 0 Å². The second-order valence-electron chi connectivity index (χ2n) is 6.31. The molecule has 4 nitrogen and oxygen atoms in total. The van der Waals surface area contributed by atoms with Crippen LogP contribution in [0.15, 0.2) is 66.7 Å². The molecule has 1 heterocycles. The molecule has 0 spiro atoms. The van der Waals surface area contributed by atoms with Crippen molar-refractivity contribution in [1.82, 2.24) is 5.32 Å². The first kappa shape index (κ1) is 20.0. The fourth-order valence-electron chi connectivity index (χ4n) is 2.92. The van der Waals surface area contributed by atoms with Crippen LogP contribution >= 0.6 is 12.4 Å². The first-order chi connectivity index (χ1) is 13.3. The van der Waals surface area contributed by atoms with Crippen molar-refractivity contribution in [2.45, 2.75) is 19.7 Å². The second-order valence-corrected chi connectivity index (χ2v) is 6.31. The third-order valence-corrected chi connectivity index (χ3v) is 4.36. The van der Waals surface area contributed by atoms with Gasteiger partial charge in [0.2, 0.25) is 6.79 Å². The van der Waals surface area contributed by atoms with E-state index in [9.17, 15) is 4.39 Å². The normalized spacial score (nSPS) is 11.8. The molecule has 28 heavy (non-hydrogen) atoms. The quantitative estimate of drug-likeness (QED) is 0.614. The molecule has 4 rings (SSSR count). The van der Waals surface area contributed by atoms with Gasteiger partial charge in [-0.1, -0.05) is 36.4 Å². The number of halogens is 2. The highest BCUT2D eigenvalue weighted by atomic mass is 35.5. The SMILES string of the molecule is Cl.Fc1ccc(COc2ccccc2CNCc2ccc3c(c2)OCO3)cc1. The molecule has 0 saturated heterocycles. The summed E-state index contributed by atoms with van der Waals surface area (Å²) in [6, 6.07) is 20.2. The summed E-state index contributed by atoms with van der Waals surface area (Å²) >= 11 is 0. The average Bonchev–Trinajstić information content (AvgIpc) is 3.16. The molecule has 0 unspecified atom stereocenters. The Morgan fingerprint density at radius 3 is 2.46 bits per heavy atom. The second kappa shape index (κ2) is 9.44. The number of benzene rings is 3. The van der Waals surface area contributed by atoms with E-state index in [1.165, 1.54) is 12.1 Å². The minimum absolute atomic E-state index is 0. The molecular weight excluding hydrogens is 381 g/mol. The molecule has 0 atom stereocenters. The van der Waals surface area contributed by atoms with Gasteiger partial charge in [0.25, 0.3) is 0 Å². The topological polar surface area (TPSA) is 39.7 Å². The molecule has 0 saturated carbocycles. The lowest BCUT2D eigenvalue weighted by Crippen LogP contribution is -2.13. The summed E-state index contributed by atoms with van der Waals surface area (Å²) in [5.41, 5.74) is 3.13. The van der Waals surface area contributed by atoms with Gasteiger partial charge in [-0.05, 0) is 41.5 Å². The van der Waals surface area contributed by atoms with E-state index in [0.29, 0.717) is 19.7 Å². The lowest BCUT2D eigenvalue weighted by molar-refractivity contribution is 0.174. The van der Waals surface area contributed by atoms with Crippen LogP contribution in [-0.4, -0.2) is 6.79 Å². The summed E-state index contributed by atoms with van der Waals surface area (Å²) in [5.74, 6) is 2.16. The molecule has 0 radical (unpaired) electrons. The van der Waals surface area contributed by atoms with E-state index in [2.05, 4.69) is 5.32 Å². The van der Waals surface area contributed by atoms with E-state index in [1.54, 1.807) is 12.1 Å². The summed E-state index contributed by atoms with van der Waals surface area (Å²) < 4.78 is 29.7. The van der Waals surface area contributed by atoms with E-state index in [1.807, 2.05) is 42.5 Å². The third kappa shape index (κ3) is 4.94. The summed E-state index contributed by atoms with van der Waals surface area (Å²) in [4.78, 5) is 0. The van der Waals surface area contributed by atoms with Crippen LogP contribution in [0.2, 0.25) is 0 Å². The summed E-state index contributed by atoms with van der Waals surface area (Å²) in [7, 11) is 0. The standard InChI is InChI=1S/C22H20FNO3.ClH/c23-19-8-5-16(6-9-19)14-25-20-4-2-1-3-18(20)13-24-12-17-7-10-21-22(11-17)27-15-26-21;/h1-11,24H,12-15H2;1H. The maximum atomic E-state index is 13.0. The van der Waals surface area contributed by atoms with Crippen LogP contribution in [0, 0.1) is 5.82 Å². The Hall–Kier alpha value is -2.76. The maximum Gasteiger partial charge on any atom is 0.231 e. The molecule has 0 aliphatic carbocycles. The van der Waals surface area contributed by atoms with Gasteiger partial charge >= 0.3 is 0 Å². The number of hydrogen-bond donors (Lipinski definition) is 1. The van der Waals surface area contributed by atoms with Crippen LogP contribution in [0.1, 0.15) is 16.7 Å². The number of rotatable bonds is 7. The smallest absolute Gasteiger partial charge is 0.231 e. The summed E-state index contributed by atoms with van der Waals surface area (Å²) in [5, 5.41) is 3.43. The third-order valence-electron chi connectivity index (χ3n) is 4.36. The minimum atomic E-state index is -0.244. The van der Waals surface area contributed by atoms with E-state index >= 15 is 0 Å². The Bertz CT molecular complexity index is 918. The average molecular weight is 402 g/mol. The fraction of sp³-hybridized carbons (Fsp3) is 0.182. The summed E-state index contributed by atoms with van der Waals surface area (Å²) in [6.45, 7) is 2.07. The molecule has 0 fully saturated rings. The van der Waals surface area contributed by atoms with Crippen molar-refractivity contribution in [1.29, 1.82) is 0 Å². The van der Waals surface area contributed by atoms with Crippen LogP contribution in [0.4, 0.5) is 4.39 Å². The zero-order valence-electron chi connectivity index (χ0n) is 15.2. The molecule has 6 heteroatoms. The lowest BCUT2D eigenvalue weighted by atomic mass is 10.1. The van der Waals surface area contributed by atoms with Crippen LogP contribution in [0.25, 0.3) is 0 Å². The van der Waals surface area contributed by atoms with Crippen molar-refractivity contribution in [2.24, 2.45) is 0 Å². The van der Waals surface area contributed by atoms with Crippen molar-refractivity contribution in [3.8, 4) is 17.2 Å². The first-order valence-corrected chi connectivity index (χ1v) is 8.82. The Morgan fingerprint density at radius 2 is 1.61 bits per heavy atom. The van der Waals surface area contributed by atoms with E-state index in [-0.39, 0.29) is 25.0 Å². The monoisotopic (exact) mass is 401 g/mol. The molecule has 0 bridgehead atoms. The number of fused-ring (bicyclic) bond motifs is 1. The van der Waals surface area contributed by atoms with Crippen LogP contribution in [0.3, 0.4) is 0 Å². The zero-order chi connectivity index (χ0) is 18.5. The minimum Gasteiger partial charge on any atom is -0.489 e. The highest BCUT2D eigenvalue weighted by Gasteiger charge is 2.13. The highest BCUT2D eigenvalue weighted by molar-refractivity contribution is 5.85. The first-order valence-electron chi connectivity index (χ1n) is 8.82. The molecule has 3 aromatic rings. The van der Waals surface area contributed by atoms with Gasteiger partial charge in [-0.25, -0.2) is 4.39 Å². The van der Waals surface area contributed by atoms with E-state index in [0.717, 1.165) is 33.9 Å². The number of hydrogen-bond acceptors (Lipinski definition) is 4. The Labute approximate surface area is 169 Å². The van der Waals surface area contributed by atoms with Gasteiger partial charge in [-0.3, -0.25) is 0 Å². The Morgan fingerprint density at radius 1 is 0.857 bits per heavy atom. The van der Waals surface area contributed by atoms with Gasteiger partial charge in [0.15, 0.2) is 11.5 Å². The molecule has 3 aromatic carbocycles. The van der Waals surface area contributed by atoms with Crippen LogP contribution in [-0.2, 0) is 19.7 Å². The van der Waals surface area contributed by atoms with Crippen molar-refractivity contribution in [3.05, 3.63) is 89.2 Å².